The van der Waals surface area contributed by atoms with Crippen molar-refractivity contribution in [2.75, 3.05) is 0 Å². The van der Waals surface area contributed by atoms with Crippen LogP contribution in [0.1, 0.15) is 0 Å². The molecule has 0 spiro atoms. The van der Waals surface area contributed by atoms with Crippen LogP contribution in [0.5, 0.6) is 0 Å². The van der Waals surface area contributed by atoms with Crippen molar-refractivity contribution in [2.45, 2.75) is 0 Å². The van der Waals surface area contributed by atoms with Crippen LogP contribution in [0.4, 0.5) is 0 Å². The van der Waals surface area contributed by atoms with E-state index in [-0.39, 0.29) is 105 Å². The molecular weight excluding hydrogens is 345 g/mol. The van der Waals surface area contributed by atoms with E-state index in [0.717, 1.165) is 0 Å². The van der Waals surface area contributed by atoms with E-state index in [4.69, 9.17) is 0 Å². The average molecular weight is 347 g/mol. The molecule has 0 rings (SSSR count). The second-order valence-corrected chi connectivity index (χ2v) is 0. The second kappa shape index (κ2) is 16.2. The Morgan fingerprint density at radius 1 is 1.00 bits per heavy atom. The largest absolute Gasteiger partial charge is 0 e. The predicted molar refractivity (Wildman–Crippen MR) is 8.54 cm³/mol. The van der Waals surface area contributed by atoms with Crippen molar-refractivity contribution < 1.29 is 56.2 Å². The molecule has 0 saturated heterocycles. The van der Waals surface area contributed by atoms with E-state index < -0.39 is 0 Å². The smallest absolute Gasteiger partial charge is 0 e. The number of hydrogen-bond donors (Lipinski definition) is 0. The van der Waals surface area contributed by atoms with Gasteiger partial charge in [-0.3, -0.25) is 0 Å². The normalized spacial score (nSPS) is 0. The molecule has 0 aromatic heterocycles. The molecule has 0 heterocycles. The van der Waals surface area contributed by atoms with Gasteiger partial charge in [-0.1, -0.05) is 0 Å². The summed E-state index contributed by atoms with van der Waals surface area (Å²) in [6, 6.07) is 0. The first kappa shape index (κ1) is 26.5. The standard InChI is InChI=1S/Ba.Co.Fe.Nb.2H. The molecule has 0 aliphatic rings. The summed E-state index contributed by atoms with van der Waals surface area (Å²) in [4.78, 5) is 0. The Morgan fingerprint density at radius 3 is 1.00 bits per heavy atom. The van der Waals surface area contributed by atoms with Gasteiger partial charge in [-0.2, -0.15) is 0 Å². The van der Waals surface area contributed by atoms with Gasteiger partial charge in [-0.25, -0.2) is 0 Å². The molecule has 4 heavy (non-hydrogen) atoms. The molecule has 0 atom stereocenters. The Kier molecular flexibility index (Phi) is 107. The average Bonchev–Trinajstić information content (AvgIpc) is 0. The molecule has 0 aliphatic carbocycles. The van der Waals surface area contributed by atoms with Crippen molar-refractivity contribution in [3.05, 3.63) is 0 Å². The third kappa shape index (κ3) is 9.02. The van der Waals surface area contributed by atoms with Crippen molar-refractivity contribution in [1.29, 1.82) is 0 Å². The summed E-state index contributed by atoms with van der Waals surface area (Å²) in [5.41, 5.74) is 0. The van der Waals surface area contributed by atoms with E-state index in [0.29, 0.717) is 0 Å². The van der Waals surface area contributed by atoms with Crippen molar-refractivity contribution in [2.24, 2.45) is 0 Å². The minimum Gasteiger partial charge on any atom is 0 e. The first-order chi connectivity index (χ1) is 0. The molecule has 0 fully saturated rings. The van der Waals surface area contributed by atoms with Crippen LogP contribution >= 0.6 is 0 Å². The molecular formula is H2BaCoFeNb. The Morgan fingerprint density at radius 2 is 1.00 bits per heavy atom. The van der Waals surface area contributed by atoms with Crippen molar-refractivity contribution in [1.82, 2.24) is 0 Å². The first-order valence-corrected chi connectivity index (χ1v) is 0. The summed E-state index contributed by atoms with van der Waals surface area (Å²) < 4.78 is 0. The zero-order valence-electron chi connectivity index (χ0n) is 1.13. The molecule has 0 nitrogen and oxygen atoms in total. The van der Waals surface area contributed by atoms with E-state index in [1.165, 1.54) is 0 Å². The van der Waals surface area contributed by atoms with Crippen LogP contribution in [0.15, 0.2) is 0 Å². The SMILES string of the molecule is [BaH2].[Co].[Fe].[Nb]. The van der Waals surface area contributed by atoms with Gasteiger partial charge in [0.15, 0.2) is 0 Å². The Hall–Kier alpha value is 3.34. The maximum atomic E-state index is 0. The second-order valence-electron chi connectivity index (χ2n) is 0. The van der Waals surface area contributed by atoms with Gasteiger partial charge in [0, 0.05) is 56.2 Å². The van der Waals surface area contributed by atoms with Crippen LogP contribution < -0.4 is 0 Å². The van der Waals surface area contributed by atoms with Crippen LogP contribution in [0.2, 0.25) is 0 Å². The molecule has 0 bridgehead atoms. The summed E-state index contributed by atoms with van der Waals surface area (Å²) in [6.45, 7) is 0. The van der Waals surface area contributed by atoms with Gasteiger partial charge >= 0.3 is 48.9 Å². The summed E-state index contributed by atoms with van der Waals surface area (Å²) in [5, 5.41) is 0. The maximum absolute atomic E-state index is 0. The predicted octanol–water partition coefficient (Wildman–Crippen LogP) is -0.924. The number of hydrogen-bond acceptors (Lipinski definition) is 0. The van der Waals surface area contributed by atoms with E-state index in [1.54, 1.807) is 0 Å². The van der Waals surface area contributed by atoms with Gasteiger partial charge < -0.3 is 0 Å². The Bertz CT molecular complexity index is 8.00. The van der Waals surface area contributed by atoms with Crippen LogP contribution in [0, 0.1) is 0 Å². The van der Waals surface area contributed by atoms with Gasteiger partial charge in [0.25, 0.3) is 0 Å². The van der Waals surface area contributed by atoms with Crippen molar-refractivity contribution in [3.63, 3.8) is 0 Å². The molecule has 0 aromatic carbocycles. The van der Waals surface area contributed by atoms with Crippen LogP contribution in [0.3, 0.4) is 0 Å². The van der Waals surface area contributed by atoms with Crippen LogP contribution in [-0.2, 0) is 56.2 Å². The molecule has 0 N–H and O–H groups in total. The fourth-order valence-corrected chi connectivity index (χ4v) is 0. The van der Waals surface area contributed by atoms with Gasteiger partial charge in [-0.05, 0) is 0 Å². The molecule has 0 aromatic rings. The molecule has 4 heteroatoms. The summed E-state index contributed by atoms with van der Waals surface area (Å²) in [6.07, 6.45) is 0. The van der Waals surface area contributed by atoms with Crippen molar-refractivity contribution >= 4 is 48.9 Å². The summed E-state index contributed by atoms with van der Waals surface area (Å²) >= 11 is 0. The van der Waals surface area contributed by atoms with Gasteiger partial charge in [0.05, 0.1) is 0 Å². The third-order valence-corrected chi connectivity index (χ3v) is 0. The van der Waals surface area contributed by atoms with E-state index >= 15 is 0 Å². The first-order valence-electron chi connectivity index (χ1n) is 0. The molecule has 0 unspecified atom stereocenters. The van der Waals surface area contributed by atoms with Crippen molar-refractivity contribution in [3.8, 4) is 0 Å². The zero-order valence-corrected chi connectivity index (χ0v) is 5.48. The monoisotopic (exact) mass is 348 g/mol. The van der Waals surface area contributed by atoms with Crippen LogP contribution in [0.25, 0.3) is 0 Å². The van der Waals surface area contributed by atoms with Gasteiger partial charge in [0.2, 0.25) is 0 Å². The Labute approximate surface area is 102 Å². The van der Waals surface area contributed by atoms with Crippen LogP contribution in [-0.4, -0.2) is 48.9 Å². The Balaban J connectivity index is 0. The van der Waals surface area contributed by atoms with Gasteiger partial charge in [-0.15, -0.1) is 0 Å². The topological polar surface area (TPSA) is 0 Å². The van der Waals surface area contributed by atoms with Gasteiger partial charge in [0.1, 0.15) is 0 Å². The summed E-state index contributed by atoms with van der Waals surface area (Å²) in [7, 11) is 0. The molecule has 0 amide bonds. The maximum Gasteiger partial charge on any atom is 0 e. The zero-order chi connectivity index (χ0) is 0. The fraction of sp³-hybridized carbons (Fsp3) is 0. The fourth-order valence-electron chi connectivity index (χ4n) is 0. The minimum atomic E-state index is 0. The van der Waals surface area contributed by atoms with E-state index in [1.807, 2.05) is 0 Å². The van der Waals surface area contributed by atoms with E-state index in [2.05, 4.69) is 0 Å². The number of rotatable bonds is 0. The minimum absolute atomic E-state index is 0. The summed E-state index contributed by atoms with van der Waals surface area (Å²) in [5.74, 6) is 0. The quantitative estimate of drug-likeness (QED) is 0.498. The molecule has 0 aliphatic heterocycles. The third-order valence-electron chi connectivity index (χ3n) is 0. The molecule has 26 valence electrons. The molecule has 2 radical (unpaired) electrons. The molecule has 0 saturated carbocycles. The van der Waals surface area contributed by atoms with E-state index in [9.17, 15) is 0 Å².